The summed E-state index contributed by atoms with van der Waals surface area (Å²) >= 11 is 0. The Morgan fingerprint density at radius 1 is 1.23 bits per heavy atom. The average Bonchev–Trinajstić information content (AvgIpc) is 3.46. The van der Waals surface area contributed by atoms with Gasteiger partial charge in [0.25, 0.3) is 0 Å². The fourth-order valence-electron chi connectivity index (χ4n) is 5.97. The third kappa shape index (κ3) is 3.81. The Balaban J connectivity index is 1.33. The summed E-state index contributed by atoms with van der Waals surface area (Å²) in [6.07, 6.45) is 6.72. The van der Waals surface area contributed by atoms with Crippen LogP contribution in [0.3, 0.4) is 0 Å². The zero-order valence-electron chi connectivity index (χ0n) is 19.9. The van der Waals surface area contributed by atoms with E-state index in [1.165, 1.54) is 6.07 Å². The number of benzene rings is 1. The molecule has 2 aromatic heterocycles. The van der Waals surface area contributed by atoms with Crippen molar-refractivity contribution in [2.24, 2.45) is 0 Å². The van der Waals surface area contributed by atoms with Crippen LogP contribution in [-0.4, -0.2) is 76.7 Å². The Morgan fingerprint density at radius 3 is 2.97 bits per heavy atom. The minimum absolute atomic E-state index is 0.0322. The summed E-state index contributed by atoms with van der Waals surface area (Å²) in [7, 11) is 2.03. The molecule has 35 heavy (non-hydrogen) atoms. The molecule has 1 saturated heterocycles. The first-order chi connectivity index (χ1) is 17.0. The number of anilines is 1. The van der Waals surface area contributed by atoms with Crippen LogP contribution in [0.15, 0.2) is 36.5 Å². The maximum absolute atomic E-state index is 14.2. The number of aliphatic hydroxyl groups excluding tert-OH is 1. The molecule has 3 aliphatic rings. The van der Waals surface area contributed by atoms with Crippen LogP contribution >= 0.6 is 0 Å². The van der Waals surface area contributed by atoms with E-state index in [4.69, 9.17) is 0 Å². The summed E-state index contributed by atoms with van der Waals surface area (Å²) in [6, 6.07) is 6.88. The average molecular weight is 476 g/mol. The van der Waals surface area contributed by atoms with Crippen molar-refractivity contribution in [2.75, 3.05) is 44.7 Å². The number of nitrogens with zero attached hydrogens (tertiary/aromatic N) is 4. The van der Waals surface area contributed by atoms with Gasteiger partial charge in [-0.3, -0.25) is 9.69 Å². The third-order valence-corrected chi connectivity index (χ3v) is 7.67. The molecule has 1 aromatic carbocycles. The summed E-state index contributed by atoms with van der Waals surface area (Å²) in [4.78, 5) is 27.3. The maximum atomic E-state index is 14.2. The molecule has 5 heterocycles. The van der Waals surface area contributed by atoms with Gasteiger partial charge >= 0.3 is 0 Å². The summed E-state index contributed by atoms with van der Waals surface area (Å²) in [6.45, 7) is 3.30. The molecule has 0 radical (unpaired) electrons. The third-order valence-electron chi connectivity index (χ3n) is 7.67. The van der Waals surface area contributed by atoms with Crippen molar-refractivity contribution in [3.05, 3.63) is 53.6 Å². The lowest BCUT2D eigenvalue weighted by Crippen LogP contribution is -2.45. The number of aliphatic hydroxyl groups is 1. The largest absolute Gasteiger partial charge is 0.394 e. The van der Waals surface area contributed by atoms with Gasteiger partial charge in [-0.15, -0.1) is 0 Å². The number of amides is 1. The zero-order valence-corrected chi connectivity index (χ0v) is 19.9. The minimum Gasteiger partial charge on any atom is -0.394 e. The Labute approximate surface area is 203 Å². The van der Waals surface area contributed by atoms with Gasteiger partial charge in [-0.2, -0.15) is 0 Å². The number of H-pyrrole nitrogens is 1. The predicted molar refractivity (Wildman–Crippen MR) is 134 cm³/mol. The number of aromatic nitrogens is 2. The molecule has 182 valence electrons. The molecule has 0 aliphatic carbocycles. The van der Waals surface area contributed by atoms with Crippen LogP contribution in [-0.2, 0) is 11.3 Å². The number of nitrogens with one attached hydrogen (secondary N) is 1. The summed E-state index contributed by atoms with van der Waals surface area (Å²) in [5.41, 5.74) is 7.02. The van der Waals surface area contributed by atoms with E-state index in [0.29, 0.717) is 19.6 Å². The monoisotopic (exact) mass is 475 g/mol. The fraction of sp³-hybridized carbons (Fsp3) is 0.407. The van der Waals surface area contributed by atoms with E-state index in [2.05, 4.69) is 25.8 Å². The lowest BCUT2D eigenvalue weighted by molar-refractivity contribution is -0.133. The number of hydrogen-bond acceptors (Lipinski definition) is 5. The molecule has 2 N–H and O–H groups in total. The Kier molecular flexibility index (Phi) is 5.57. The molecule has 8 heteroatoms. The van der Waals surface area contributed by atoms with E-state index in [9.17, 15) is 14.3 Å². The van der Waals surface area contributed by atoms with E-state index < -0.39 is 0 Å². The SMILES string of the molecule is CN1Cc2c(C3=CCCN(CC(=O)N4CCC[C@H]4CO)C3)[nH]c3nccc(c23)-c2cc(F)ccc21. The van der Waals surface area contributed by atoms with Gasteiger partial charge in [-0.1, -0.05) is 6.08 Å². The highest BCUT2D eigenvalue weighted by atomic mass is 19.1. The fourth-order valence-corrected chi connectivity index (χ4v) is 5.97. The van der Waals surface area contributed by atoms with Crippen molar-refractivity contribution in [1.82, 2.24) is 19.8 Å². The Bertz CT molecular complexity index is 1330. The van der Waals surface area contributed by atoms with Crippen molar-refractivity contribution < 1.29 is 14.3 Å². The molecule has 1 atom stereocenters. The first-order valence-electron chi connectivity index (χ1n) is 12.4. The molecule has 3 aliphatic heterocycles. The van der Waals surface area contributed by atoms with Gasteiger partial charge in [0, 0.05) is 67.3 Å². The van der Waals surface area contributed by atoms with E-state index in [1.54, 1.807) is 12.3 Å². The molecule has 1 fully saturated rings. The van der Waals surface area contributed by atoms with Crippen LogP contribution < -0.4 is 4.90 Å². The number of rotatable bonds is 4. The van der Waals surface area contributed by atoms with Gasteiger partial charge in [-0.25, -0.2) is 9.37 Å². The van der Waals surface area contributed by atoms with Crippen LogP contribution in [0.1, 0.15) is 30.5 Å². The summed E-state index contributed by atoms with van der Waals surface area (Å²) in [5, 5.41) is 10.6. The number of likely N-dealkylation sites (tertiary alicyclic amines) is 1. The number of carbonyl (C=O) groups is 1. The lowest BCUT2D eigenvalue weighted by Gasteiger charge is -2.30. The van der Waals surface area contributed by atoms with Crippen molar-refractivity contribution in [2.45, 2.75) is 31.8 Å². The maximum Gasteiger partial charge on any atom is 0.237 e. The van der Waals surface area contributed by atoms with Crippen LogP contribution in [0, 0.1) is 5.82 Å². The first-order valence-corrected chi connectivity index (χ1v) is 12.4. The zero-order chi connectivity index (χ0) is 24.1. The standard InChI is InChI=1S/C27H30FN5O2/c1-31-14-22-25-20(21-12-18(28)6-7-23(21)31)8-9-29-27(25)30-26(22)17-4-2-10-32(13-17)15-24(35)33-11-3-5-19(33)16-34/h4,6-9,12,19,34H,2-3,5,10-11,13-16H2,1H3,(H,29,30)/t19-/m0/s1. The van der Waals surface area contributed by atoms with Gasteiger partial charge < -0.3 is 19.9 Å². The number of fused-ring (bicyclic) bond motifs is 2. The molecule has 7 nitrogen and oxygen atoms in total. The van der Waals surface area contributed by atoms with Gasteiger partial charge in [0.15, 0.2) is 0 Å². The highest BCUT2D eigenvalue weighted by Crippen LogP contribution is 2.43. The number of pyridine rings is 1. The molecular formula is C27H30FN5O2. The van der Waals surface area contributed by atoms with Gasteiger partial charge in [0.05, 0.1) is 19.2 Å². The van der Waals surface area contributed by atoms with E-state index in [1.807, 2.05) is 24.1 Å². The Morgan fingerprint density at radius 2 is 2.11 bits per heavy atom. The number of carbonyl (C=O) groups excluding carboxylic acids is 1. The molecule has 0 unspecified atom stereocenters. The van der Waals surface area contributed by atoms with E-state index in [-0.39, 0.29) is 24.4 Å². The number of halogens is 1. The van der Waals surface area contributed by atoms with Crippen LogP contribution in [0.5, 0.6) is 0 Å². The molecule has 1 amide bonds. The minimum atomic E-state index is -0.252. The smallest absolute Gasteiger partial charge is 0.237 e. The predicted octanol–water partition coefficient (Wildman–Crippen LogP) is 3.39. The second-order valence-electron chi connectivity index (χ2n) is 9.87. The van der Waals surface area contributed by atoms with Crippen molar-refractivity contribution in [3.8, 4) is 11.1 Å². The quantitative estimate of drug-likeness (QED) is 0.605. The number of aromatic amines is 1. The Hall–Kier alpha value is -3.23. The van der Waals surface area contributed by atoms with Crippen LogP contribution in [0.2, 0.25) is 0 Å². The first kappa shape index (κ1) is 22.2. The highest BCUT2D eigenvalue weighted by Gasteiger charge is 2.31. The molecule has 0 saturated carbocycles. The van der Waals surface area contributed by atoms with Crippen LogP contribution in [0.25, 0.3) is 27.7 Å². The van der Waals surface area contributed by atoms with Gasteiger partial charge in [0.2, 0.25) is 5.91 Å². The molecule has 6 rings (SSSR count). The summed E-state index contributed by atoms with van der Waals surface area (Å²) in [5.74, 6) is -0.156. The lowest BCUT2D eigenvalue weighted by atomic mass is 9.98. The van der Waals surface area contributed by atoms with Crippen molar-refractivity contribution in [3.63, 3.8) is 0 Å². The molecule has 0 spiro atoms. The normalized spacial score (nSPS) is 20.2. The number of hydrogen-bond donors (Lipinski definition) is 2. The molecule has 3 aromatic rings. The summed E-state index contributed by atoms with van der Waals surface area (Å²) < 4.78 is 14.2. The van der Waals surface area contributed by atoms with E-state index in [0.717, 1.165) is 77.0 Å². The molecule has 0 bridgehead atoms. The van der Waals surface area contributed by atoms with Crippen LogP contribution in [0.4, 0.5) is 10.1 Å². The topological polar surface area (TPSA) is 75.7 Å². The van der Waals surface area contributed by atoms with Gasteiger partial charge in [0.1, 0.15) is 11.5 Å². The van der Waals surface area contributed by atoms with Crippen molar-refractivity contribution in [1.29, 1.82) is 0 Å². The highest BCUT2D eigenvalue weighted by molar-refractivity contribution is 6.02. The van der Waals surface area contributed by atoms with E-state index >= 15 is 0 Å². The van der Waals surface area contributed by atoms with Crippen molar-refractivity contribution >= 4 is 28.2 Å². The van der Waals surface area contributed by atoms with Gasteiger partial charge in [-0.05, 0) is 54.7 Å². The second kappa shape index (κ2) is 8.77. The molecular weight excluding hydrogens is 445 g/mol. The second-order valence-corrected chi connectivity index (χ2v) is 9.87.